The number of imidazole rings is 1. The fourth-order valence-corrected chi connectivity index (χ4v) is 4.60. The van der Waals surface area contributed by atoms with Crippen LogP contribution in [0.5, 0.6) is 0 Å². The summed E-state index contributed by atoms with van der Waals surface area (Å²) in [6.45, 7) is 8.38. The van der Waals surface area contributed by atoms with Gasteiger partial charge >= 0.3 is 0 Å². The minimum Gasteiger partial charge on any atom is -0.344 e. The third-order valence-corrected chi connectivity index (χ3v) is 6.28. The van der Waals surface area contributed by atoms with Crippen molar-refractivity contribution < 1.29 is 14.4 Å². The van der Waals surface area contributed by atoms with Gasteiger partial charge in [0.05, 0.1) is 22.8 Å². The number of carbonyl (C=O) groups excluding carboxylic acids is 3. The molecule has 1 aliphatic heterocycles. The second-order valence-electron chi connectivity index (χ2n) is 8.74. The lowest BCUT2D eigenvalue weighted by molar-refractivity contribution is -0.129. The second kappa shape index (κ2) is 9.54. The maximum atomic E-state index is 13.3. The number of carbonyl (C=O) groups is 3. The Morgan fingerprint density at radius 3 is 2.74 bits per heavy atom. The van der Waals surface area contributed by atoms with Crippen LogP contribution in [-0.4, -0.2) is 49.8 Å². The Morgan fingerprint density at radius 2 is 2.00 bits per heavy atom. The van der Waals surface area contributed by atoms with Gasteiger partial charge in [0.1, 0.15) is 5.69 Å². The molecule has 1 saturated heterocycles. The first-order valence-electron chi connectivity index (χ1n) is 11.4. The van der Waals surface area contributed by atoms with Crippen molar-refractivity contribution >= 4 is 40.4 Å². The predicted octanol–water partition coefficient (Wildman–Crippen LogP) is 3.63. The van der Waals surface area contributed by atoms with Crippen molar-refractivity contribution in [3.8, 4) is 0 Å². The van der Waals surface area contributed by atoms with Crippen LogP contribution >= 0.6 is 0 Å². The van der Waals surface area contributed by atoms with E-state index in [4.69, 9.17) is 4.98 Å². The minimum absolute atomic E-state index is 0.0105. The Kier molecular flexibility index (Phi) is 6.54. The predicted molar refractivity (Wildman–Crippen MR) is 132 cm³/mol. The van der Waals surface area contributed by atoms with Crippen molar-refractivity contribution in [1.29, 1.82) is 0 Å². The third kappa shape index (κ3) is 4.59. The van der Waals surface area contributed by atoms with Gasteiger partial charge in [0.15, 0.2) is 0 Å². The van der Waals surface area contributed by atoms with Crippen LogP contribution in [0.4, 0.5) is 11.6 Å². The number of benzene rings is 1. The summed E-state index contributed by atoms with van der Waals surface area (Å²) in [5, 5.41) is 5.65. The molecule has 0 bridgehead atoms. The Hall–Kier alpha value is -3.88. The monoisotopic (exact) mass is 462 g/mol. The zero-order valence-electron chi connectivity index (χ0n) is 19.8. The number of rotatable bonds is 5. The second-order valence-corrected chi connectivity index (χ2v) is 8.74. The highest BCUT2D eigenvalue weighted by molar-refractivity contribution is 6.05. The van der Waals surface area contributed by atoms with Crippen molar-refractivity contribution in [2.45, 2.75) is 39.2 Å². The molecule has 0 radical (unpaired) electrons. The standard InChI is InChI=1S/C25H30N6O3/c1-5-22(33)26-18-13-21(29(4)14-18)24(34)28-25-27-20-11-8-9-16(2)23(20)31(25)19-10-6-7-12-30(15-19)17(3)32/h5,8-9,11,13-14,19H,1,6-7,10,12,15H2,2-4H3,(H,26,33)(H,27,28,34)/t19-/m1/s1. The summed E-state index contributed by atoms with van der Waals surface area (Å²) in [6, 6.07) is 7.50. The molecule has 3 amide bonds. The summed E-state index contributed by atoms with van der Waals surface area (Å²) in [4.78, 5) is 43.7. The van der Waals surface area contributed by atoms with Crippen LogP contribution < -0.4 is 10.6 Å². The highest BCUT2D eigenvalue weighted by Crippen LogP contribution is 2.32. The summed E-state index contributed by atoms with van der Waals surface area (Å²) < 4.78 is 3.72. The summed E-state index contributed by atoms with van der Waals surface area (Å²) in [6.07, 6.45) is 5.66. The first-order chi connectivity index (χ1) is 16.3. The molecule has 2 N–H and O–H groups in total. The fourth-order valence-electron chi connectivity index (χ4n) is 4.60. The molecule has 9 heteroatoms. The maximum Gasteiger partial charge on any atom is 0.274 e. The Balaban J connectivity index is 1.71. The van der Waals surface area contributed by atoms with Crippen LogP contribution in [0.25, 0.3) is 11.0 Å². The van der Waals surface area contributed by atoms with Gasteiger partial charge in [-0.2, -0.15) is 0 Å². The van der Waals surface area contributed by atoms with E-state index < -0.39 is 0 Å². The van der Waals surface area contributed by atoms with E-state index in [1.54, 1.807) is 30.8 Å². The zero-order valence-corrected chi connectivity index (χ0v) is 19.8. The quantitative estimate of drug-likeness (QED) is 0.565. The first kappa shape index (κ1) is 23.3. The van der Waals surface area contributed by atoms with Crippen LogP contribution in [-0.2, 0) is 16.6 Å². The van der Waals surface area contributed by atoms with Gasteiger partial charge in [0.2, 0.25) is 17.8 Å². The summed E-state index contributed by atoms with van der Waals surface area (Å²) in [5.41, 5.74) is 3.68. The van der Waals surface area contributed by atoms with Crippen LogP contribution in [0.3, 0.4) is 0 Å². The molecule has 9 nitrogen and oxygen atoms in total. The van der Waals surface area contributed by atoms with E-state index in [1.165, 1.54) is 6.08 Å². The maximum absolute atomic E-state index is 13.3. The topological polar surface area (TPSA) is 101 Å². The Labute approximate surface area is 198 Å². The molecule has 178 valence electrons. The molecule has 1 fully saturated rings. The molecule has 2 aromatic heterocycles. The number of hydrogen-bond donors (Lipinski definition) is 2. The zero-order chi connectivity index (χ0) is 24.4. The van der Waals surface area contributed by atoms with E-state index in [-0.39, 0.29) is 23.8 Å². The summed E-state index contributed by atoms with van der Waals surface area (Å²) in [5.74, 6) is -0.190. The summed E-state index contributed by atoms with van der Waals surface area (Å²) in [7, 11) is 1.74. The van der Waals surface area contributed by atoms with E-state index in [2.05, 4.69) is 21.8 Å². The number of likely N-dealkylation sites (tertiary alicyclic amines) is 1. The number of anilines is 2. The molecular formula is C25H30N6O3. The van der Waals surface area contributed by atoms with Gasteiger partial charge < -0.3 is 19.4 Å². The first-order valence-corrected chi connectivity index (χ1v) is 11.4. The number of para-hydroxylation sites is 1. The molecule has 34 heavy (non-hydrogen) atoms. The van der Waals surface area contributed by atoms with Gasteiger partial charge in [-0.05, 0) is 50.0 Å². The normalized spacial score (nSPS) is 16.2. The van der Waals surface area contributed by atoms with Gasteiger partial charge in [0, 0.05) is 33.3 Å². The number of fused-ring (bicyclic) bond motifs is 1. The van der Waals surface area contributed by atoms with Crippen molar-refractivity contribution in [1.82, 2.24) is 19.0 Å². The van der Waals surface area contributed by atoms with Gasteiger partial charge in [-0.15, -0.1) is 0 Å². The SMILES string of the molecule is C=CC(=O)Nc1cc(C(=O)Nc2nc3cccc(C)c3n2[C@@H]2CCCCN(C(C)=O)C2)n(C)c1. The van der Waals surface area contributed by atoms with Gasteiger partial charge in [-0.25, -0.2) is 4.98 Å². The largest absolute Gasteiger partial charge is 0.344 e. The third-order valence-electron chi connectivity index (χ3n) is 6.28. The van der Waals surface area contributed by atoms with E-state index in [0.717, 1.165) is 42.4 Å². The average Bonchev–Trinajstić information content (AvgIpc) is 3.23. The minimum atomic E-state index is -0.349. The molecule has 3 heterocycles. The molecule has 0 aliphatic carbocycles. The summed E-state index contributed by atoms with van der Waals surface area (Å²) >= 11 is 0. The van der Waals surface area contributed by atoms with Crippen molar-refractivity contribution in [2.75, 3.05) is 23.7 Å². The van der Waals surface area contributed by atoms with Crippen molar-refractivity contribution in [3.05, 3.63) is 54.4 Å². The van der Waals surface area contributed by atoms with Gasteiger partial charge in [-0.3, -0.25) is 19.7 Å². The molecular weight excluding hydrogens is 432 g/mol. The molecule has 4 rings (SSSR count). The van der Waals surface area contributed by atoms with Crippen LogP contribution in [0.2, 0.25) is 0 Å². The van der Waals surface area contributed by atoms with Crippen LogP contribution in [0, 0.1) is 6.92 Å². The van der Waals surface area contributed by atoms with Crippen molar-refractivity contribution in [2.24, 2.45) is 7.05 Å². The van der Waals surface area contributed by atoms with Crippen molar-refractivity contribution in [3.63, 3.8) is 0 Å². The van der Waals surface area contributed by atoms with E-state index in [1.807, 2.05) is 30.0 Å². The number of aryl methyl sites for hydroxylation is 2. The molecule has 0 spiro atoms. The number of aromatic nitrogens is 3. The molecule has 3 aromatic rings. The van der Waals surface area contributed by atoms with E-state index in [9.17, 15) is 14.4 Å². The lowest BCUT2D eigenvalue weighted by atomic mass is 10.1. The van der Waals surface area contributed by atoms with E-state index >= 15 is 0 Å². The van der Waals surface area contributed by atoms with Crippen LogP contribution in [0.15, 0.2) is 43.1 Å². The smallest absolute Gasteiger partial charge is 0.274 e. The number of nitrogens with one attached hydrogen (secondary N) is 2. The highest BCUT2D eigenvalue weighted by atomic mass is 16.2. The fraction of sp³-hybridized carbons (Fsp3) is 0.360. The average molecular weight is 463 g/mol. The number of amides is 3. The lowest BCUT2D eigenvalue weighted by Crippen LogP contribution is -2.34. The number of nitrogens with zero attached hydrogens (tertiary/aromatic N) is 4. The van der Waals surface area contributed by atoms with Gasteiger partial charge in [0.25, 0.3) is 5.91 Å². The van der Waals surface area contributed by atoms with Gasteiger partial charge in [-0.1, -0.05) is 18.7 Å². The Bertz CT molecular complexity index is 1270. The number of hydrogen-bond acceptors (Lipinski definition) is 4. The molecule has 1 atom stereocenters. The Morgan fingerprint density at radius 1 is 1.21 bits per heavy atom. The molecule has 1 aromatic carbocycles. The molecule has 1 aliphatic rings. The lowest BCUT2D eigenvalue weighted by Gasteiger charge is -2.26. The molecule has 0 saturated carbocycles. The highest BCUT2D eigenvalue weighted by Gasteiger charge is 2.27. The molecule has 0 unspecified atom stereocenters. The van der Waals surface area contributed by atoms with E-state index in [0.29, 0.717) is 23.9 Å². The van der Waals surface area contributed by atoms with Crippen LogP contribution in [0.1, 0.15) is 48.3 Å².